The van der Waals surface area contributed by atoms with Crippen LogP contribution in [0.25, 0.3) is 0 Å². The fraction of sp³-hybridized carbons (Fsp3) is 0.276. The predicted octanol–water partition coefficient (Wildman–Crippen LogP) is 6.67. The standard InChI is InChI=1S/C29H33ClN6/c1-8-10-25(30)15-21(5)27(9-2)33-23(7)24-13-14-36(32-18-24)28-22(6)17-31-29(35-28)34-26-12-11-19(3)20(4)16-26/h8,10-12,15-18,24,27,33H,1,7,9H2,2-6H3,(H,31,34,35)/b21-15+,25-10+. The van der Waals surface area contributed by atoms with Crippen LogP contribution in [-0.2, 0) is 0 Å². The Morgan fingerprint density at radius 1 is 1.25 bits per heavy atom. The first-order chi connectivity index (χ1) is 17.2. The molecule has 2 N–H and O–H groups in total. The second-order valence-corrected chi connectivity index (χ2v) is 9.18. The molecule has 6 nitrogen and oxygen atoms in total. The molecule has 2 aromatic rings. The molecule has 3 rings (SSSR count). The van der Waals surface area contributed by atoms with E-state index in [4.69, 9.17) is 11.6 Å². The molecule has 2 atom stereocenters. The van der Waals surface area contributed by atoms with Crippen molar-refractivity contribution in [1.29, 1.82) is 0 Å². The van der Waals surface area contributed by atoms with Gasteiger partial charge in [-0.3, -0.25) is 0 Å². The van der Waals surface area contributed by atoms with E-state index in [0.29, 0.717) is 16.8 Å². The number of hydrogen-bond donors (Lipinski definition) is 2. The van der Waals surface area contributed by atoms with E-state index >= 15 is 0 Å². The third kappa shape index (κ3) is 6.87. The summed E-state index contributed by atoms with van der Waals surface area (Å²) in [5.41, 5.74) is 6.12. The zero-order valence-electron chi connectivity index (χ0n) is 21.6. The summed E-state index contributed by atoms with van der Waals surface area (Å²) in [4.78, 5) is 9.08. The van der Waals surface area contributed by atoms with Crippen LogP contribution < -0.4 is 15.6 Å². The number of nitrogens with zero attached hydrogens (tertiary/aromatic N) is 4. The highest BCUT2D eigenvalue weighted by molar-refractivity contribution is 6.31. The van der Waals surface area contributed by atoms with Crippen molar-refractivity contribution in [3.8, 4) is 12.0 Å². The summed E-state index contributed by atoms with van der Waals surface area (Å²) in [5.74, 6) is 4.11. The van der Waals surface area contributed by atoms with Gasteiger partial charge in [0.15, 0.2) is 5.82 Å². The van der Waals surface area contributed by atoms with Gasteiger partial charge in [0.25, 0.3) is 0 Å². The molecule has 0 bridgehead atoms. The highest BCUT2D eigenvalue weighted by Gasteiger charge is 2.18. The van der Waals surface area contributed by atoms with Crippen LogP contribution in [0.15, 0.2) is 77.2 Å². The Hall–Kier alpha value is -3.82. The van der Waals surface area contributed by atoms with E-state index in [9.17, 15) is 0 Å². The first-order valence-corrected chi connectivity index (χ1v) is 12.2. The minimum atomic E-state index is -0.224. The molecule has 0 amide bonds. The van der Waals surface area contributed by atoms with Gasteiger partial charge in [0.2, 0.25) is 5.95 Å². The number of nitrogens with one attached hydrogen (secondary N) is 2. The maximum atomic E-state index is 6.22. The van der Waals surface area contributed by atoms with Crippen LogP contribution in [0.4, 0.5) is 17.5 Å². The Bertz CT molecular complexity index is 1290. The number of aromatic nitrogens is 2. The Balaban J connectivity index is 1.71. The molecule has 2 unspecified atom stereocenters. The molecule has 1 aliphatic rings. The van der Waals surface area contributed by atoms with Gasteiger partial charge in [0, 0.05) is 46.5 Å². The predicted molar refractivity (Wildman–Crippen MR) is 152 cm³/mol. The molecule has 2 heterocycles. The van der Waals surface area contributed by atoms with Crippen molar-refractivity contribution in [2.24, 2.45) is 11.0 Å². The van der Waals surface area contributed by atoms with Gasteiger partial charge in [-0.15, -0.1) is 0 Å². The van der Waals surface area contributed by atoms with Crippen molar-refractivity contribution in [3.05, 3.63) is 88.8 Å². The zero-order chi connectivity index (χ0) is 26.2. The molecule has 0 aliphatic carbocycles. The number of aryl methyl sites for hydroxylation is 3. The van der Waals surface area contributed by atoms with Crippen molar-refractivity contribution in [1.82, 2.24) is 15.3 Å². The van der Waals surface area contributed by atoms with Gasteiger partial charge in [-0.2, -0.15) is 15.1 Å². The summed E-state index contributed by atoms with van der Waals surface area (Å²) in [6.45, 7) is 18.1. The summed E-state index contributed by atoms with van der Waals surface area (Å²) in [7, 11) is 0. The van der Waals surface area contributed by atoms with E-state index in [1.54, 1.807) is 29.6 Å². The van der Waals surface area contributed by atoms with E-state index in [-0.39, 0.29) is 12.0 Å². The van der Waals surface area contributed by atoms with E-state index in [0.717, 1.165) is 28.9 Å². The Labute approximate surface area is 219 Å². The molecule has 0 spiro atoms. The lowest BCUT2D eigenvalue weighted by Gasteiger charge is -2.24. The molecule has 7 heteroatoms. The van der Waals surface area contributed by atoms with Gasteiger partial charge in [-0.1, -0.05) is 49.7 Å². The molecule has 0 saturated carbocycles. The van der Waals surface area contributed by atoms with Crippen LogP contribution in [0.5, 0.6) is 0 Å². The highest BCUT2D eigenvalue weighted by atomic mass is 35.5. The molecule has 0 radical (unpaired) electrons. The van der Waals surface area contributed by atoms with E-state index in [2.05, 4.69) is 83.7 Å². The number of anilines is 3. The maximum absolute atomic E-state index is 6.22. The Morgan fingerprint density at radius 2 is 2.03 bits per heavy atom. The fourth-order valence-corrected chi connectivity index (χ4v) is 3.86. The van der Waals surface area contributed by atoms with Crippen LogP contribution in [0.1, 0.15) is 37.0 Å². The molecular weight excluding hydrogens is 468 g/mol. The third-order valence-electron chi connectivity index (χ3n) is 5.90. The number of hydrogen-bond acceptors (Lipinski definition) is 6. The summed E-state index contributed by atoms with van der Waals surface area (Å²) in [6, 6.07) is 9.33. The van der Waals surface area contributed by atoms with E-state index in [1.165, 1.54) is 11.1 Å². The van der Waals surface area contributed by atoms with Crippen molar-refractivity contribution in [2.45, 2.75) is 47.1 Å². The highest BCUT2D eigenvalue weighted by Crippen LogP contribution is 2.23. The van der Waals surface area contributed by atoms with Crippen molar-refractivity contribution < 1.29 is 0 Å². The normalized spacial score (nSPS) is 16.2. The van der Waals surface area contributed by atoms with Gasteiger partial charge < -0.3 is 10.6 Å². The van der Waals surface area contributed by atoms with Gasteiger partial charge in [-0.05, 0) is 75.1 Å². The monoisotopic (exact) mass is 500 g/mol. The van der Waals surface area contributed by atoms with Gasteiger partial charge in [0.1, 0.15) is 0 Å². The number of halogens is 1. The second kappa shape index (κ2) is 12.2. The lowest BCUT2D eigenvalue weighted by Crippen LogP contribution is -2.33. The minimum absolute atomic E-state index is 0.0841. The van der Waals surface area contributed by atoms with Gasteiger partial charge in [-0.25, -0.2) is 4.98 Å². The summed E-state index contributed by atoms with van der Waals surface area (Å²) in [5, 5.41) is 13.5. The van der Waals surface area contributed by atoms with E-state index < -0.39 is 0 Å². The topological polar surface area (TPSA) is 65.4 Å². The lowest BCUT2D eigenvalue weighted by molar-refractivity contribution is 0.602. The number of hydrazone groups is 1. The summed E-state index contributed by atoms with van der Waals surface area (Å²) >= 11 is 6.22. The molecule has 1 aliphatic heterocycles. The number of benzene rings is 1. The van der Waals surface area contributed by atoms with Gasteiger partial charge in [0.05, 0.1) is 5.92 Å². The maximum Gasteiger partial charge on any atom is 0.229 e. The van der Waals surface area contributed by atoms with Crippen LogP contribution in [0.2, 0.25) is 0 Å². The lowest BCUT2D eigenvalue weighted by atomic mass is 10.0. The Morgan fingerprint density at radius 3 is 2.67 bits per heavy atom. The van der Waals surface area contributed by atoms with Crippen LogP contribution in [0.3, 0.4) is 0 Å². The molecule has 36 heavy (non-hydrogen) atoms. The fourth-order valence-electron chi connectivity index (χ4n) is 3.60. The molecule has 186 valence electrons. The van der Waals surface area contributed by atoms with Crippen molar-refractivity contribution in [3.63, 3.8) is 0 Å². The number of allylic oxidation sites excluding steroid dienone is 5. The summed E-state index contributed by atoms with van der Waals surface area (Å²) in [6.07, 6.45) is 9.78. The largest absolute Gasteiger partial charge is 0.381 e. The van der Waals surface area contributed by atoms with Crippen LogP contribution in [-0.4, -0.2) is 22.2 Å². The molecule has 1 aromatic carbocycles. The average molecular weight is 501 g/mol. The quantitative estimate of drug-likeness (QED) is 0.282. The Kier molecular flexibility index (Phi) is 9.10. The first kappa shape index (κ1) is 26.8. The number of rotatable bonds is 10. The van der Waals surface area contributed by atoms with E-state index in [1.807, 2.05) is 26.0 Å². The van der Waals surface area contributed by atoms with Gasteiger partial charge >= 0.3 is 0 Å². The SMILES string of the molecule is C=C/C=C(Cl)\C=C(/C)C(CC)NC(=C)C1C#CN(c2nc(Nc3ccc(C)c(C)c3)ncc2C)N=C1. The second-order valence-electron chi connectivity index (χ2n) is 8.74. The molecule has 1 aromatic heterocycles. The smallest absolute Gasteiger partial charge is 0.229 e. The minimum Gasteiger partial charge on any atom is -0.381 e. The average Bonchev–Trinajstić information content (AvgIpc) is 2.86. The van der Waals surface area contributed by atoms with Crippen LogP contribution >= 0.6 is 11.6 Å². The first-order valence-electron chi connectivity index (χ1n) is 11.9. The molecular formula is C29H33ClN6. The molecule has 0 fully saturated rings. The summed E-state index contributed by atoms with van der Waals surface area (Å²) < 4.78 is 0. The third-order valence-corrected chi connectivity index (χ3v) is 6.14. The van der Waals surface area contributed by atoms with Crippen LogP contribution in [0, 0.1) is 38.7 Å². The van der Waals surface area contributed by atoms with Crippen molar-refractivity contribution >= 4 is 35.3 Å². The molecule has 0 saturated heterocycles. The zero-order valence-corrected chi connectivity index (χ0v) is 22.3. The van der Waals surface area contributed by atoms with Crippen molar-refractivity contribution in [2.75, 3.05) is 10.3 Å².